The molecule has 2 rings (SSSR count). The van der Waals surface area contributed by atoms with E-state index in [2.05, 4.69) is 21.2 Å². The van der Waals surface area contributed by atoms with Gasteiger partial charge in [-0.2, -0.15) is 13.2 Å². The molecule has 0 atom stereocenters. The van der Waals surface area contributed by atoms with Gasteiger partial charge in [0.05, 0.1) is 14.2 Å². The van der Waals surface area contributed by atoms with E-state index < -0.39 is 17.6 Å². The van der Waals surface area contributed by atoms with E-state index in [9.17, 15) is 18.0 Å². The summed E-state index contributed by atoms with van der Waals surface area (Å²) in [5.74, 6) is -0.428. The molecule has 0 unspecified atom stereocenters. The zero-order valence-electron chi connectivity index (χ0n) is 10.2. The Morgan fingerprint density at radius 1 is 1.25 bits per heavy atom. The molecule has 0 saturated carbocycles. The molecule has 106 valence electrons. The number of hydrogen-bond acceptors (Lipinski definition) is 2. The van der Waals surface area contributed by atoms with Crippen LogP contribution in [-0.4, -0.2) is 5.91 Å². The Morgan fingerprint density at radius 3 is 2.50 bits per heavy atom. The summed E-state index contributed by atoms with van der Waals surface area (Å²) in [6.45, 7) is 1.64. The average Bonchev–Trinajstić information content (AvgIpc) is 2.77. The number of hydrogen-bond donors (Lipinski definition) is 1. The van der Waals surface area contributed by atoms with Crippen molar-refractivity contribution in [3.63, 3.8) is 0 Å². The van der Waals surface area contributed by atoms with Crippen molar-refractivity contribution in [2.24, 2.45) is 0 Å². The van der Waals surface area contributed by atoms with E-state index >= 15 is 0 Å². The Hall–Kier alpha value is -1.34. The first-order chi connectivity index (χ1) is 9.27. The predicted octanol–water partition coefficient (Wildman–Crippen LogP) is 5.09. The molecule has 0 radical (unpaired) electrons. The first-order valence-corrected chi connectivity index (χ1v) is 7.13. The van der Waals surface area contributed by atoms with Crippen LogP contribution in [0.4, 0.5) is 18.9 Å². The van der Waals surface area contributed by atoms with Crippen molar-refractivity contribution in [2.45, 2.75) is 13.1 Å². The number of aryl methyl sites for hydroxylation is 1. The zero-order valence-corrected chi connectivity index (χ0v) is 12.6. The molecule has 0 spiro atoms. The van der Waals surface area contributed by atoms with Crippen molar-refractivity contribution >= 4 is 38.9 Å². The minimum atomic E-state index is -4.43. The SMILES string of the molecule is Cc1ccc(C(F)(F)F)cc1NC(=O)c1ccc(Br)s1. The number of benzene rings is 1. The fourth-order valence-corrected chi connectivity index (χ4v) is 2.83. The lowest BCUT2D eigenvalue weighted by Gasteiger charge is -2.12. The van der Waals surface area contributed by atoms with Gasteiger partial charge in [0.1, 0.15) is 0 Å². The van der Waals surface area contributed by atoms with Crippen LogP contribution < -0.4 is 5.32 Å². The number of nitrogens with one attached hydrogen (secondary N) is 1. The third-order valence-electron chi connectivity index (χ3n) is 2.61. The van der Waals surface area contributed by atoms with Crippen molar-refractivity contribution in [2.75, 3.05) is 5.32 Å². The van der Waals surface area contributed by atoms with E-state index in [0.717, 1.165) is 15.9 Å². The lowest BCUT2D eigenvalue weighted by Crippen LogP contribution is -2.13. The van der Waals surface area contributed by atoms with Crippen LogP contribution in [0.2, 0.25) is 0 Å². The Bertz CT molecular complexity index is 651. The summed E-state index contributed by atoms with van der Waals surface area (Å²) in [6, 6.07) is 6.58. The highest BCUT2D eigenvalue weighted by molar-refractivity contribution is 9.11. The smallest absolute Gasteiger partial charge is 0.321 e. The van der Waals surface area contributed by atoms with Gasteiger partial charge >= 0.3 is 6.18 Å². The van der Waals surface area contributed by atoms with Crippen LogP contribution in [0.5, 0.6) is 0 Å². The Labute approximate surface area is 125 Å². The van der Waals surface area contributed by atoms with Gasteiger partial charge in [-0.05, 0) is 52.7 Å². The second kappa shape index (κ2) is 5.57. The number of alkyl halides is 3. The van der Waals surface area contributed by atoms with Crippen LogP contribution in [-0.2, 0) is 6.18 Å². The monoisotopic (exact) mass is 363 g/mol. The maximum Gasteiger partial charge on any atom is 0.416 e. The molecule has 1 heterocycles. The van der Waals surface area contributed by atoms with Gasteiger partial charge in [0.15, 0.2) is 0 Å². The minimum absolute atomic E-state index is 0.161. The number of anilines is 1. The van der Waals surface area contributed by atoms with E-state index in [4.69, 9.17) is 0 Å². The molecule has 7 heteroatoms. The van der Waals surface area contributed by atoms with Gasteiger partial charge < -0.3 is 5.32 Å². The first kappa shape index (κ1) is 15.1. The average molecular weight is 364 g/mol. The number of carbonyl (C=O) groups is 1. The lowest BCUT2D eigenvalue weighted by molar-refractivity contribution is -0.137. The molecule has 1 amide bonds. The largest absolute Gasteiger partial charge is 0.416 e. The zero-order chi connectivity index (χ0) is 14.9. The first-order valence-electron chi connectivity index (χ1n) is 5.52. The van der Waals surface area contributed by atoms with Crippen LogP contribution in [0.3, 0.4) is 0 Å². The highest BCUT2D eigenvalue weighted by atomic mass is 79.9. The van der Waals surface area contributed by atoms with E-state index in [-0.39, 0.29) is 5.69 Å². The van der Waals surface area contributed by atoms with E-state index in [1.54, 1.807) is 19.1 Å². The molecule has 0 aliphatic carbocycles. The van der Waals surface area contributed by atoms with Gasteiger partial charge in [0.2, 0.25) is 0 Å². The summed E-state index contributed by atoms with van der Waals surface area (Å²) in [4.78, 5) is 12.4. The number of thiophene rings is 1. The maximum atomic E-state index is 12.6. The van der Waals surface area contributed by atoms with Crippen LogP contribution in [0, 0.1) is 6.92 Å². The lowest BCUT2D eigenvalue weighted by atomic mass is 10.1. The second-order valence-electron chi connectivity index (χ2n) is 4.09. The third-order valence-corrected chi connectivity index (χ3v) is 4.23. The van der Waals surface area contributed by atoms with Gasteiger partial charge in [-0.15, -0.1) is 11.3 Å². The Kier molecular flexibility index (Phi) is 4.19. The molecule has 2 aromatic rings. The summed E-state index contributed by atoms with van der Waals surface area (Å²) < 4.78 is 38.7. The van der Waals surface area contributed by atoms with Crippen molar-refractivity contribution < 1.29 is 18.0 Å². The van der Waals surface area contributed by atoms with Gasteiger partial charge in [0.25, 0.3) is 5.91 Å². The van der Waals surface area contributed by atoms with Crippen molar-refractivity contribution in [3.8, 4) is 0 Å². The topological polar surface area (TPSA) is 29.1 Å². The molecule has 0 saturated heterocycles. The standard InChI is InChI=1S/C13H9BrF3NOS/c1-7-2-3-8(13(15,16)17)6-9(7)18-12(19)10-4-5-11(14)20-10/h2-6H,1H3,(H,18,19). The van der Waals surface area contributed by atoms with Crippen LogP contribution in [0.15, 0.2) is 34.1 Å². The number of rotatable bonds is 2. The molecule has 0 aliphatic rings. The molecule has 1 aromatic heterocycles. The minimum Gasteiger partial charge on any atom is -0.321 e. The highest BCUT2D eigenvalue weighted by Crippen LogP contribution is 2.32. The summed E-state index contributed by atoms with van der Waals surface area (Å²) in [5.41, 5.74) is -0.0536. The quantitative estimate of drug-likeness (QED) is 0.790. The second-order valence-corrected chi connectivity index (χ2v) is 6.55. The van der Waals surface area contributed by atoms with Gasteiger partial charge in [0, 0.05) is 5.69 Å². The molecule has 0 fully saturated rings. The molecule has 1 aromatic carbocycles. The van der Waals surface area contributed by atoms with Crippen molar-refractivity contribution in [3.05, 3.63) is 50.1 Å². The normalized spacial score (nSPS) is 11.4. The Balaban J connectivity index is 2.27. The van der Waals surface area contributed by atoms with Crippen LogP contribution in [0.1, 0.15) is 20.8 Å². The summed E-state index contributed by atoms with van der Waals surface area (Å²) in [7, 11) is 0. The number of halogens is 4. The molecule has 0 aliphatic heterocycles. The van der Waals surface area contributed by atoms with E-state index in [1.807, 2.05) is 0 Å². The van der Waals surface area contributed by atoms with Crippen LogP contribution in [0.25, 0.3) is 0 Å². The van der Waals surface area contributed by atoms with Gasteiger partial charge in [-0.25, -0.2) is 0 Å². The van der Waals surface area contributed by atoms with E-state index in [0.29, 0.717) is 10.4 Å². The molecular weight excluding hydrogens is 355 g/mol. The fraction of sp³-hybridized carbons (Fsp3) is 0.154. The fourth-order valence-electron chi connectivity index (χ4n) is 1.55. The molecule has 0 bridgehead atoms. The molecule has 2 nitrogen and oxygen atoms in total. The summed E-state index contributed by atoms with van der Waals surface area (Å²) in [6.07, 6.45) is -4.43. The molecule has 1 N–H and O–H groups in total. The third kappa shape index (κ3) is 3.40. The van der Waals surface area contributed by atoms with Gasteiger partial charge in [-0.1, -0.05) is 6.07 Å². The maximum absolute atomic E-state index is 12.6. The summed E-state index contributed by atoms with van der Waals surface area (Å²) >= 11 is 4.44. The molecule has 20 heavy (non-hydrogen) atoms. The Morgan fingerprint density at radius 2 is 1.95 bits per heavy atom. The van der Waals surface area contributed by atoms with E-state index in [1.165, 1.54) is 17.4 Å². The molecular formula is C13H9BrF3NOS. The summed E-state index contributed by atoms with van der Waals surface area (Å²) in [5, 5.41) is 2.50. The van der Waals surface area contributed by atoms with Crippen LogP contribution >= 0.6 is 27.3 Å². The van der Waals surface area contributed by atoms with Crippen molar-refractivity contribution in [1.29, 1.82) is 0 Å². The highest BCUT2D eigenvalue weighted by Gasteiger charge is 2.31. The number of carbonyl (C=O) groups excluding carboxylic acids is 1. The van der Waals surface area contributed by atoms with Crippen molar-refractivity contribution in [1.82, 2.24) is 0 Å². The van der Waals surface area contributed by atoms with Gasteiger partial charge in [-0.3, -0.25) is 4.79 Å². The number of amides is 1. The predicted molar refractivity (Wildman–Crippen MR) is 76.2 cm³/mol.